The van der Waals surface area contributed by atoms with Gasteiger partial charge in [-0.1, -0.05) is 30.3 Å². The molecule has 0 fully saturated rings. The van der Waals surface area contributed by atoms with E-state index < -0.39 is 0 Å². The summed E-state index contributed by atoms with van der Waals surface area (Å²) in [5.41, 5.74) is 0.875. The number of furan rings is 1. The summed E-state index contributed by atoms with van der Waals surface area (Å²) in [5.74, 6) is 1.29. The highest BCUT2D eigenvalue weighted by Gasteiger charge is 2.13. The predicted octanol–water partition coefficient (Wildman–Crippen LogP) is 4.44. The van der Waals surface area contributed by atoms with Gasteiger partial charge in [0.2, 0.25) is 0 Å². The number of nitrogens with zero attached hydrogens (tertiary/aromatic N) is 2. The number of hydrogen-bond donors (Lipinski definition) is 1. The zero-order chi connectivity index (χ0) is 19.5. The van der Waals surface area contributed by atoms with Crippen LogP contribution in [-0.4, -0.2) is 15.7 Å². The van der Waals surface area contributed by atoms with Crippen LogP contribution in [0.5, 0.6) is 5.75 Å². The average molecular weight is 440 g/mol. The van der Waals surface area contributed by atoms with Crippen molar-refractivity contribution in [1.82, 2.24) is 15.1 Å². The summed E-state index contributed by atoms with van der Waals surface area (Å²) >= 11 is 3.41. The van der Waals surface area contributed by atoms with Gasteiger partial charge in [0.15, 0.2) is 5.76 Å². The SMILES string of the molecule is Cn1ncc(Br)c1CNC(=O)c1ccc(COc2ccc3ccccc3c2)o1. The number of aryl methyl sites for hydroxylation is 1. The normalized spacial score (nSPS) is 10.9. The smallest absolute Gasteiger partial charge is 0.287 e. The van der Waals surface area contributed by atoms with Gasteiger partial charge in [-0.15, -0.1) is 0 Å². The molecule has 0 aliphatic heterocycles. The number of aromatic nitrogens is 2. The van der Waals surface area contributed by atoms with Gasteiger partial charge < -0.3 is 14.5 Å². The zero-order valence-electron chi connectivity index (χ0n) is 15.2. The number of amides is 1. The molecular weight excluding hydrogens is 422 g/mol. The lowest BCUT2D eigenvalue weighted by Gasteiger charge is -2.06. The van der Waals surface area contributed by atoms with Crippen molar-refractivity contribution in [3.8, 4) is 5.75 Å². The number of carbonyl (C=O) groups excluding carboxylic acids is 1. The molecule has 0 unspecified atom stereocenters. The number of rotatable bonds is 6. The van der Waals surface area contributed by atoms with E-state index in [1.807, 2.05) is 43.4 Å². The van der Waals surface area contributed by atoms with Crippen molar-refractivity contribution in [3.63, 3.8) is 0 Å². The van der Waals surface area contributed by atoms with E-state index in [0.29, 0.717) is 12.3 Å². The topological polar surface area (TPSA) is 69.3 Å². The third kappa shape index (κ3) is 3.94. The van der Waals surface area contributed by atoms with Gasteiger partial charge in [-0.2, -0.15) is 5.10 Å². The molecule has 4 aromatic rings. The molecule has 0 aliphatic carbocycles. The molecule has 28 heavy (non-hydrogen) atoms. The maximum Gasteiger partial charge on any atom is 0.287 e. The molecule has 2 aromatic carbocycles. The maximum atomic E-state index is 12.3. The van der Waals surface area contributed by atoms with Crippen LogP contribution >= 0.6 is 15.9 Å². The van der Waals surface area contributed by atoms with E-state index in [-0.39, 0.29) is 18.3 Å². The molecule has 0 saturated heterocycles. The average Bonchev–Trinajstić information content (AvgIpc) is 3.31. The Kier molecular flexibility index (Phi) is 5.16. The Morgan fingerprint density at radius 2 is 2.00 bits per heavy atom. The van der Waals surface area contributed by atoms with Crippen LogP contribution in [-0.2, 0) is 20.2 Å². The zero-order valence-corrected chi connectivity index (χ0v) is 16.8. The van der Waals surface area contributed by atoms with Gasteiger partial charge in [0.1, 0.15) is 18.1 Å². The maximum absolute atomic E-state index is 12.3. The van der Waals surface area contributed by atoms with Gasteiger partial charge in [0, 0.05) is 7.05 Å². The molecule has 2 aromatic heterocycles. The minimum absolute atomic E-state index is 0.246. The van der Waals surface area contributed by atoms with Crippen molar-refractivity contribution in [2.75, 3.05) is 0 Å². The summed E-state index contributed by atoms with van der Waals surface area (Å²) in [6, 6.07) is 17.4. The second-order valence-electron chi connectivity index (χ2n) is 6.31. The third-order valence-corrected chi connectivity index (χ3v) is 5.08. The number of fused-ring (bicyclic) bond motifs is 1. The molecule has 1 amide bonds. The van der Waals surface area contributed by atoms with E-state index in [0.717, 1.165) is 26.7 Å². The van der Waals surface area contributed by atoms with E-state index >= 15 is 0 Å². The highest BCUT2D eigenvalue weighted by atomic mass is 79.9. The van der Waals surface area contributed by atoms with Crippen LogP contribution in [0.3, 0.4) is 0 Å². The number of ether oxygens (including phenoxy) is 1. The van der Waals surface area contributed by atoms with E-state index in [1.54, 1.807) is 23.0 Å². The molecule has 4 rings (SSSR count). The fraction of sp³-hybridized carbons (Fsp3) is 0.143. The van der Waals surface area contributed by atoms with Crippen LogP contribution in [0.1, 0.15) is 22.0 Å². The Labute approximate surface area is 170 Å². The molecule has 0 bridgehead atoms. The summed E-state index contributed by atoms with van der Waals surface area (Å²) in [6.45, 7) is 0.596. The Morgan fingerprint density at radius 3 is 2.79 bits per heavy atom. The number of carbonyl (C=O) groups is 1. The molecule has 6 nitrogen and oxygen atoms in total. The highest BCUT2D eigenvalue weighted by molar-refractivity contribution is 9.10. The van der Waals surface area contributed by atoms with Gasteiger partial charge in [-0.25, -0.2) is 0 Å². The molecule has 0 saturated carbocycles. The van der Waals surface area contributed by atoms with Crippen molar-refractivity contribution in [2.45, 2.75) is 13.2 Å². The standard InChI is InChI=1S/C21H18BrN3O3/c1-25-19(18(22)11-24-25)12-23-21(26)20-9-8-17(28-20)13-27-16-7-6-14-4-2-3-5-15(14)10-16/h2-11H,12-13H2,1H3,(H,23,26). The van der Waals surface area contributed by atoms with Crippen LogP contribution in [0.15, 0.2) is 69.7 Å². The van der Waals surface area contributed by atoms with Gasteiger partial charge in [-0.3, -0.25) is 9.48 Å². The van der Waals surface area contributed by atoms with Crippen LogP contribution in [0.25, 0.3) is 10.8 Å². The summed E-state index contributed by atoms with van der Waals surface area (Å²) < 4.78 is 14.0. The quantitative estimate of drug-likeness (QED) is 0.482. The molecule has 142 valence electrons. The number of benzene rings is 2. The Hall–Kier alpha value is -3.06. The minimum Gasteiger partial charge on any atom is -0.486 e. The number of nitrogens with one attached hydrogen (secondary N) is 1. The second-order valence-corrected chi connectivity index (χ2v) is 7.16. The van der Waals surface area contributed by atoms with E-state index in [4.69, 9.17) is 9.15 Å². The van der Waals surface area contributed by atoms with Gasteiger partial charge in [0.25, 0.3) is 5.91 Å². The number of halogens is 1. The van der Waals surface area contributed by atoms with Gasteiger partial charge >= 0.3 is 0 Å². The van der Waals surface area contributed by atoms with Crippen molar-refractivity contribution in [2.24, 2.45) is 7.05 Å². The van der Waals surface area contributed by atoms with E-state index in [2.05, 4.69) is 32.4 Å². The highest BCUT2D eigenvalue weighted by Crippen LogP contribution is 2.22. The molecule has 0 aliphatic rings. The van der Waals surface area contributed by atoms with Crippen molar-refractivity contribution in [3.05, 3.63) is 82.5 Å². The fourth-order valence-electron chi connectivity index (χ4n) is 2.88. The first kappa shape index (κ1) is 18.3. The van der Waals surface area contributed by atoms with Crippen LogP contribution < -0.4 is 10.1 Å². The second kappa shape index (κ2) is 7.90. The van der Waals surface area contributed by atoms with E-state index in [9.17, 15) is 4.79 Å². The van der Waals surface area contributed by atoms with Crippen molar-refractivity contribution in [1.29, 1.82) is 0 Å². The van der Waals surface area contributed by atoms with Gasteiger partial charge in [0.05, 0.1) is 22.9 Å². The molecule has 1 N–H and O–H groups in total. The fourth-order valence-corrected chi connectivity index (χ4v) is 3.36. The predicted molar refractivity (Wildman–Crippen MR) is 109 cm³/mol. The summed E-state index contributed by atoms with van der Waals surface area (Å²) in [7, 11) is 1.82. The van der Waals surface area contributed by atoms with Crippen molar-refractivity contribution >= 4 is 32.6 Å². The first-order chi connectivity index (χ1) is 13.6. The number of hydrogen-bond acceptors (Lipinski definition) is 4. The lowest BCUT2D eigenvalue weighted by molar-refractivity contribution is 0.0918. The molecule has 2 heterocycles. The molecule has 0 radical (unpaired) electrons. The molecule has 0 atom stereocenters. The molecule has 7 heteroatoms. The molecular formula is C21H18BrN3O3. The van der Waals surface area contributed by atoms with Crippen LogP contribution in [0, 0.1) is 0 Å². The Morgan fingerprint density at radius 1 is 1.18 bits per heavy atom. The minimum atomic E-state index is -0.287. The Bertz CT molecular complexity index is 1110. The lowest BCUT2D eigenvalue weighted by Crippen LogP contribution is -2.23. The Balaban J connectivity index is 1.36. The summed E-state index contributed by atoms with van der Waals surface area (Å²) in [4.78, 5) is 12.3. The van der Waals surface area contributed by atoms with E-state index in [1.165, 1.54) is 0 Å². The van der Waals surface area contributed by atoms with Crippen LogP contribution in [0.2, 0.25) is 0 Å². The van der Waals surface area contributed by atoms with Crippen LogP contribution in [0.4, 0.5) is 0 Å². The first-order valence-electron chi connectivity index (χ1n) is 8.75. The summed E-state index contributed by atoms with van der Waals surface area (Å²) in [6.07, 6.45) is 1.69. The van der Waals surface area contributed by atoms with Crippen molar-refractivity contribution < 1.29 is 13.9 Å². The molecule has 0 spiro atoms. The largest absolute Gasteiger partial charge is 0.486 e. The lowest BCUT2D eigenvalue weighted by atomic mass is 10.1. The first-order valence-corrected chi connectivity index (χ1v) is 9.54. The van der Waals surface area contributed by atoms with Gasteiger partial charge in [-0.05, 0) is 51.0 Å². The monoisotopic (exact) mass is 439 g/mol. The summed E-state index contributed by atoms with van der Waals surface area (Å²) in [5, 5.41) is 9.22. The third-order valence-electron chi connectivity index (χ3n) is 4.41.